The van der Waals surface area contributed by atoms with Crippen molar-refractivity contribution in [3.8, 4) is 27.5 Å². The lowest BCUT2D eigenvalue weighted by Gasteiger charge is -2.30. The number of hydrogen-bond acceptors (Lipinski definition) is 5. The van der Waals surface area contributed by atoms with Crippen LogP contribution in [0.25, 0.3) is 27.5 Å². The van der Waals surface area contributed by atoms with E-state index in [-0.39, 0.29) is 11.5 Å². The highest BCUT2D eigenvalue weighted by molar-refractivity contribution is 7.13. The Bertz CT molecular complexity index is 1640. The lowest BCUT2D eigenvalue weighted by atomic mass is 9.94. The Balaban J connectivity index is 1.61. The van der Waals surface area contributed by atoms with Gasteiger partial charge in [0.1, 0.15) is 5.01 Å². The SMILES string of the molecule is CCc1cccc(CC)c1-n1c(CC2CCCC2)c(C(=O)N2CCNCC2)cc(-c2nc(-c3ccc(Cl)cc3)cs2)c1=O. The van der Waals surface area contributed by atoms with Crippen LogP contribution in [-0.4, -0.2) is 46.5 Å². The van der Waals surface area contributed by atoms with Crippen LogP contribution in [0.15, 0.2) is 58.7 Å². The second kappa shape index (κ2) is 13.2. The van der Waals surface area contributed by atoms with Gasteiger partial charge in [0.15, 0.2) is 0 Å². The number of aromatic nitrogens is 2. The summed E-state index contributed by atoms with van der Waals surface area (Å²) in [5, 5.41) is 6.63. The number of thiazole rings is 1. The van der Waals surface area contributed by atoms with Gasteiger partial charge in [-0.15, -0.1) is 11.3 Å². The molecule has 1 saturated carbocycles. The van der Waals surface area contributed by atoms with E-state index in [1.165, 1.54) is 24.2 Å². The van der Waals surface area contributed by atoms with E-state index in [0.717, 1.165) is 79.0 Å². The van der Waals surface area contributed by atoms with E-state index in [2.05, 4.69) is 37.4 Å². The molecule has 1 aliphatic heterocycles. The number of piperazine rings is 1. The van der Waals surface area contributed by atoms with Crippen LogP contribution in [0.1, 0.15) is 66.7 Å². The zero-order valence-corrected chi connectivity index (χ0v) is 26.6. The molecule has 3 heterocycles. The van der Waals surface area contributed by atoms with Gasteiger partial charge in [0.25, 0.3) is 11.5 Å². The average molecular weight is 615 g/mol. The van der Waals surface area contributed by atoms with Crippen molar-refractivity contribution in [2.24, 2.45) is 5.92 Å². The first kappa shape index (κ1) is 29.8. The zero-order chi connectivity index (χ0) is 29.9. The molecule has 2 aliphatic rings. The van der Waals surface area contributed by atoms with Gasteiger partial charge in [0, 0.05) is 47.8 Å². The van der Waals surface area contributed by atoms with Crippen molar-refractivity contribution >= 4 is 28.8 Å². The molecule has 0 atom stereocenters. The van der Waals surface area contributed by atoms with Crippen LogP contribution in [-0.2, 0) is 19.3 Å². The molecule has 2 aromatic carbocycles. The smallest absolute Gasteiger partial charge is 0.265 e. The fourth-order valence-electron chi connectivity index (χ4n) is 6.61. The van der Waals surface area contributed by atoms with Crippen LogP contribution >= 0.6 is 22.9 Å². The second-order valence-electron chi connectivity index (χ2n) is 11.6. The molecule has 8 heteroatoms. The molecule has 6 nitrogen and oxygen atoms in total. The van der Waals surface area contributed by atoms with Crippen molar-refractivity contribution in [2.45, 2.75) is 58.8 Å². The Morgan fingerprint density at radius 1 is 1.02 bits per heavy atom. The molecule has 0 spiro atoms. The van der Waals surface area contributed by atoms with Crippen LogP contribution in [0.3, 0.4) is 0 Å². The van der Waals surface area contributed by atoms with Gasteiger partial charge in [0.05, 0.1) is 22.5 Å². The molecule has 2 aromatic heterocycles. The summed E-state index contributed by atoms with van der Waals surface area (Å²) in [6.45, 7) is 7.11. The fraction of sp³-hybridized carbons (Fsp3) is 0.400. The van der Waals surface area contributed by atoms with E-state index in [1.807, 2.05) is 45.2 Å². The number of nitrogens with one attached hydrogen (secondary N) is 1. The monoisotopic (exact) mass is 614 g/mol. The normalized spacial score (nSPS) is 15.7. The summed E-state index contributed by atoms with van der Waals surface area (Å²) in [4.78, 5) is 36.1. The fourth-order valence-corrected chi connectivity index (χ4v) is 7.57. The number of carbonyl (C=O) groups excluding carboxylic acids is 1. The van der Waals surface area contributed by atoms with Gasteiger partial charge in [-0.05, 0) is 54.5 Å². The summed E-state index contributed by atoms with van der Waals surface area (Å²) in [5.74, 6) is 0.465. The van der Waals surface area contributed by atoms with Crippen LogP contribution < -0.4 is 10.9 Å². The lowest BCUT2D eigenvalue weighted by Crippen LogP contribution is -2.47. The van der Waals surface area contributed by atoms with E-state index in [4.69, 9.17) is 16.6 Å². The first-order chi connectivity index (χ1) is 21.0. The quantitative estimate of drug-likeness (QED) is 0.228. The Labute approximate surface area is 262 Å². The van der Waals surface area contributed by atoms with Gasteiger partial charge < -0.3 is 10.2 Å². The van der Waals surface area contributed by atoms with Gasteiger partial charge in [0.2, 0.25) is 0 Å². The van der Waals surface area contributed by atoms with E-state index in [9.17, 15) is 9.59 Å². The number of para-hydroxylation sites is 1. The summed E-state index contributed by atoms with van der Waals surface area (Å²) in [6, 6.07) is 15.7. The molecule has 1 saturated heterocycles. The largest absolute Gasteiger partial charge is 0.336 e. The number of carbonyl (C=O) groups is 1. The minimum Gasteiger partial charge on any atom is -0.336 e. The third kappa shape index (κ3) is 6.08. The molecule has 2 fully saturated rings. The molecule has 0 radical (unpaired) electrons. The molecule has 4 aromatic rings. The molecule has 1 aliphatic carbocycles. The summed E-state index contributed by atoms with van der Waals surface area (Å²) >= 11 is 7.57. The van der Waals surface area contributed by atoms with E-state index < -0.39 is 0 Å². The summed E-state index contributed by atoms with van der Waals surface area (Å²) < 4.78 is 1.92. The van der Waals surface area contributed by atoms with Crippen LogP contribution in [0.2, 0.25) is 5.02 Å². The maximum absolute atomic E-state index is 14.8. The van der Waals surface area contributed by atoms with Crippen LogP contribution in [0.4, 0.5) is 0 Å². The highest BCUT2D eigenvalue weighted by Gasteiger charge is 2.30. The van der Waals surface area contributed by atoms with Crippen LogP contribution in [0.5, 0.6) is 0 Å². The number of rotatable bonds is 8. The van der Waals surface area contributed by atoms with Crippen molar-refractivity contribution in [3.05, 3.63) is 91.7 Å². The molecule has 224 valence electrons. The maximum atomic E-state index is 14.8. The minimum atomic E-state index is -0.0996. The summed E-state index contributed by atoms with van der Waals surface area (Å²) in [5.41, 5.74) is 6.78. The third-order valence-electron chi connectivity index (χ3n) is 8.96. The molecular weight excluding hydrogens is 576 g/mol. The third-order valence-corrected chi connectivity index (χ3v) is 10.1. The number of pyridine rings is 1. The Morgan fingerprint density at radius 2 is 1.70 bits per heavy atom. The first-order valence-electron chi connectivity index (χ1n) is 15.6. The average Bonchev–Trinajstić information content (AvgIpc) is 3.75. The molecule has 0 unspecified atom stereocenters. The topological polar surface area (TPSA) is 67.2 Å². The van der Waals surface area contributed by atoms with Crippen molar-refractivity contribution in [3.63, 3.8) is 0 Å². The number of halogens is 1. The van der Waals surface area contributed by atoms with Gasteiger partial charge in [-0.3, -0.25) is 14.2 Å². The highest BCUT2D eigenvalue weighted by atomic mass is 35.5. The van der Waals surface area contributed by atoms with Crippen molar-refractivity contribution in [1.82, 2.24) is 19.8 Å². The summed E-state index contributed by atoms with van der Waals surface area (Å²) in [6.07, 6.45) is 6.97. The maximum Gasteiger partial charge on any atom is 0.265 e. The predicted molar refractivity (Wildman–Crippen MR) is 177 cm³/mol. The Morgan fingerprint density at radius 3 is 2.35 bits per heavy atom. The summed E-state index contributed by atoms with van der Waals surface area (Å²) in [7, 11) is 0. The molecule has 43 heavy (non-hydrogen) atoms. The standard InChI is InChI=1S/C35H39ClN4O2S/c1-3-24-10-7-11-25(4-2)32(24)40-31(20-23-8-5-6-9-23)28(34(41)39-18-16-37-17-19-39)21-29(35(40)42)33-38-30(22-43-33)26-12-14-27(36)15-13-26/h7,10-15,21-23,37H,3-6,8-9,16-20H2,1-2H3. The lowest BCUT2D eigenvalue weighted by molar-refractivity contribution is 0.0733. The molecule has 0 bridgehead atoms. The van der Waals surface area contributed by atoms with Gasteiger partial charge in [-0.2, -0.15) is 0 Å². The number of nitrogens with zero attached hydrogens (tertiary/aromatic N) is 3. The molecule has 6 rings (SSSR count). The van der Waals surface area contributed by atoms with Gasteiger partial charge in [-0.1, -0.05) is 81.5 Å². The molecule has 1 amide bonds. The van der Waals surface area contributed by atoms with Crippen molar-refractivity contribution < 1.29 is 4.79 Å². The Kier molecular flexibility index (Phi) is 9.12. The first-order valence-corrected chi connectivity index (χ1v) is 16.9. The van der Waals surface area contributed by atoms with Gasteiger partial charge in [-0.25, -0.2) is 4.98 Å². The number of hydrogen-bond donors (Lipinski definition) is 1. The van der Waals surface area contributed by atoms with Crippen molar-refractivity contribution in [1.29, 1.82) is 0 Å². The minimum absolute atomic E-state index is 0.00556. The Hall–Kier alpha value is -3.26. The van der Waals surface area contributed by atoms with E-state index in [0.29, 0.717) is 40.2 Å². The zero-order valence-electron chi connectivity index (χ0n) is 25.0. The van der Waals surface area contributed by atoms with E-state index in [1.54, 1.807) is 0 Å². The van der Waals surface area contributed by atoms with E-state index >= 15 is 0 Å². The highest BCUT2D eigenvalue weighted by Crippen LogP contribution is 2.34. The van der Waals surface area contributed by atoms with Crippen LogP contribution in [0, 0.1) is 5.92 Å². The number of aryl methyl sites for hydroxylation is 2. The van der Waals surface area contributed by atoms with Crippen molar-refractivity contribution in [2.75, 3.05) is 26.2 Å². The number of amides is 1. The predicted octanol–water partition coefficient (Wildman–Crippen LogP) is 7.18. The second-order valence-corrected chi connectivity index (χ2v) is 12.9. The molecule has 1 N–H and O–H groups in total. The van der Waals surface area contributed by atoms with Gasteiger partial charge >= 0.3 is 0 Å². The number of benzene rings is 2. The molecular formula is C35H39ClN4O2S.